The molecule has 0 radical (unpaired) electrons. The highest BCUT2D eigenvalue weighted by molar-refractivity contribution is 5.39. The third-order valence-corrected chi connectivity index (χ3v) is 1.20. The summed E-state index contributed by atoms with van der Waals surface area (Å²) in [5.41, 5.74) is 0.904. The number of allylic oxidation sites excluding steroid dienone is 1. The van der Waals surface area contributed by atoms with E-state index >= 15 is 0 Å². The van der Waals surface area contributed by atoms with Crippen molar-refractivity contribution in [2.24, 2.45) is 0 Å². The average Bonchev–Trinajstić information content (AvgIpc) is 2.37. The van der Waals surface area contributed by atoms with Crippen molar-refractivity contribution >= 4 is 6.08 Å². The number of hydrogen-bond acceptors (Lipinski definition) is 1. The molecule has 0 saturated heterocycles. The Morgan fingerprint density at radius 3 is 2.90 bits per heavy atom. The summed E-state index contributed by atoms with van der Waals surface area (Å²) in [6, 6.07) is 0. The van der Waals surface area contributed by atoms with Crippen molar-refractivity contribution in [1.82, 2.24) is 9.55 Å². The van der Waals surface area contributed by atoms with Gasteiger partial charge in [-0.05, 0) is 6.08 Å². The second-order valence-electron chi connectivity index (χ2n) is 1.99. The molecule has 0 aliphatic rings. The van der Waals surface area contributed by atoms with Crippen LogP contribution in [-0.4, -0.2) is 9.55 Å². The summed E-state index contributed by atoms with van der Waals surface area (Å²) in [4.78, 5) is 4.05. The van der Waals surface area contributed by atoms with Crippen molar-refractivity contribution in [3.63, 3.8) is 0 Å². The van der Waals surface area contributed by atoms with Crippen LogP contribution in [0, 0.1) is 0 Å². The van der Waals surface area contributed by atoms with Gasteiger partial charge in [0.2, 0.25) is 0 Å². The minimum absolute atomic E-state index is 0.806. The second-order valence-corrected chi connectivity index (χ2v) is 1.99. The molecule has 2 heteroatoms. The van der Waals surface area contributed by atoms with Crippen LogP contribution in [0.1, 0.15) is 5.69 Å². The fourth-order valence-corrected chi connectivity index (χ4v) is 0.732. The molecule has 0 bridgehead atoms. The molecule has 1 rings (SSSR count). The van der Waals surface area contributed by atoms with E-state index in [0.29, 0.717) is 0 Å². The van der Waals surface area contributed by atoms with E-state index in [1.54, 1.807) is 12.4 Å². The minimum atomic E-state index is 0.806. The van der Waals surface area contributed by atoms with E-state index in [0.717, 1.165) is 12.2 Å². The maximum Gasteiger partial charge on any atom is 0.0956 e. The lowest BCUT2D eigenvalue weighted by molar-refractivity contribution is 0.822. The molecule has 0 unspecified atom stereocenters. The van der Waals surface area contributed by atoms with Gasteiger partial charge in [0.25, 0.3) is 0 Å². The predicted octanol–water partition coefficient (Wildman–Crippen LogP) is 1.71. The largest absolute Gasteiger partial charge is 0.333 e. The zero-order chi connectivity index (χ0) is 7.40. The maximum absolute atomic E-state index is 4.05. The summed E-state index contributed by atoms with van der Waals surface area (Å²) in [5, 5.41) is 0. The van der Waals surface area contributed by atoms with E-state index in [1.165, 1.54) is 0 Å². The van der Waals surface area contributed by atoms with Gasteiger partial charge in [-0.15, -0.1) is 6.58 Å². The number of hydrogen-bond donors (Lipinski definition) is 0. The minimum Gasteiger partial charge on any atom is -0.333 e. The van der Waals surface area contributed by atoms with Crippen molar-refractivity contribution in [2.75, 3.05) is 0 Å². The Morgan fingerprint density at radius 1 is 1.60 bits per heavy atom. The molecular weight excluding hydrogens is 124 g/mol. The van der Waals surface area contributed by atoms with Crippen LogP contribution in [0.25, 0.3) is 6.08 Å². The number of aromatic nitrogens is 2. The Balaban J connectivity index is 2.77. The highest BCUT2D eigenvalue weighted by atomic mass is 15.0. The van der Waals surface area contributed by atoms with Crippen LogP contribution in [0.15, 0.2) is 31.8 Å². The molecule has 1 heterocycles. The van der Waals surface area contributed by atoms with E-state index in [9.17, 15) is 0 Å². The van der Waals surface area contributed by atoms with Gasteiger partial charge < -0.3 is 4.57 Å². The standard InChI is InChI=1S/C8H10N2/c1-3-5-10-6-8(4-2)9-7-10/h3-4,6-7H,1-2,5H2. The number of rotatable bonds is 3. The maximum atomic E-state index is 4.05. The Bertz CT molecular complexity index is 235. The molecule has 0 aliphatic heterocycles. The van der Waals surface area contributed by atoms with Crippen molar-refractivity contribution in [2.45, 2.75) is 6.54 Å². The van der Waals surface area contributed by atoms with E-state index in [2.05, 4.69) is 18.1 Å². The van der Waals surface area contributed by atoms with Crippen LogP contribution in [-0.2, 0) is 6.54 Å². The fourth-order valence-electron chi connectivity index (χ4n) is 0.732. The van der Waals surface area contributed by atoms with Crippen LogP contribution in [0.3, 0.4) is 0 Å². The summed E-state index contributed by atoms with van der Waals surface area (Å²) in [6.45, 7) is 8.03. The van der Waals surface area contributed by atoms with Gasteiger partial charge in [0.05, 0.1) is 12.0 Å². The average molecular weight is 134 g/mol. The van der Waals surface area contributed by atoms with Gasteiger partial charge in [-0.3, -0.25) is 0 Å². The third kappa shape index (κ3) is 1.35. The van der Waals surface area contributed by atoms with Crippen LogP contribution in [0.4, 0.5) is 0 Å². The number of nitrogens with zero attached hydrogens (tertiary/aromatic N) is 2. The monoisotopic (exact) mass is 134 g/mol. The molecule has 0 fully saturated rings. The summed E-state index contributed by atoms with van der Waals surface area (Å²) in [5.74, 6) is 0. The molecule has 0 saturated carbocycles. The van der Waals surface area contributed by atoms with Gasteiger partial charge in [0, 0.05) is 12.7 Å². The topological polar surface area (TPSA) is 17.8 Å². The van der Waals surface area contributed by atoms with Gasteiger partial charge in [-0.1, -0.05) is 12.7 Å². The van der Waals surface area contributed by atoms with Gasteiger partial charge in [0.15, 0.2) is 0 Å². The Kier molecular flexibility index (Phi) is 2.05. The first-order valence-corrected chi connectivity index (χ1v) is 3.12. The summed E-state index contributed by atoms with van der Waals surface area (Å²) >= 11 is 0. The lowest BCUT2D eigenvalue weighted by Gasteiger charge is -1.90. The smallest absolute Gasteiger partial charge is 0.0956 e. The highest BCUT2D eigenvalue weighted by Gasteiger charge is 1.89. The lowest BCUT2D eigenvalue weighted by atomic mass is 10.5. The fraction of sp³-hybridized carbons (Fsp3) is 0.125. The van der Waals surface area contributed by atoms with Crippen molar-refractivity contribution in [1.29, 1.82) is 0 Å². The molecule has 0 aliphatic carbocycles. The molecule has 0 amide bonds. The van der Waals surface area contributed by atoms with Crippen molar-refractivity contribution < 1.29 is 0 Å². The lowest BCUT2D eigenvalue weighted by Crippen LogP contribution is -1.88. The van der Waals surface area contributed by atoms with E-state index in [4.69, 9.17) is 0 Å². The summed E-state index contributed by atoms with van der Waals surface area (Å²) in [6.07, 6.45) is 7.24. The summed E-state index contributed by atoms with van der Waals surface area (Å²) in [7, 11) is 0. The molecule has 0 N–H and O–H groups in total. The molecule has 10 heavy (non-hydrogen) atoms. The predicted molar refractivity (Wildman–Crippen MR) is 42.5 cm³/mol. The Labute approximate surface area is 60.5 Å². The van der Waals surface area contributed by atoms with Crippen LogP contribution >= 0.6 is 0 Å². The highest BCUT2D eigenvalue weighted by Crippen LogP contribution is 1.96. The van der Waals surface area contributed by atoms with Crippen molar-refractivity contribution in [3.05, 3.63) is 37.5 Å². The molecule has 0 atom stereocenters. The SMILES string of the molecule is C=CCn1cnc(C=C)c1. The first kappa shape index (κ1) is 6.81. The molecule has 2 nitrogen and oxygen atoms in total. The van der Waals surface area contributed by atoms with Gasteiger partial charge in [-0.25, -0.2) is 4.98 Å². The molecule has 1 aromatic rings. The quantitative estimate of drug-likeness (QED) is 0.575. The first-order valence-electron chi connectivity index (χ1n) is 3.12. The van der Waals surface area contributed by atoms with Gasteiger partial charge in [0.1, 0.15) is 0 Å². The van der Waals surface area contributed by atoms with Gasteiger partial charge in [-0.2, -0.15) is 0 Å². The van der Waals surface area contributed by atoms with Crippen LogP contribution in [0.5, 0.6) is 0 Å². The molecule has 1 aromatic heterocycles. The first-order chi connectivity index (χ1) is 4.86. The van der Waals surface area contributed by atoms with Gasteiger partial charge >= 0.3 is 0 Å². The molecule has 52 valence electrons. The Hall–Kier alpha value is -1.31. The zero-order valence-electron chi connectivity index (χ0n) is 5.83. The molecule has 0 spiro atoms. The Morgan fingerprint density at radius 2 is 2.40 bits per heavy atom. The second kappa shape index (κ2) is 3.01. The zero-order valence-corrected chi connectivity index (χ0v) is 5.83. The van der Waals surface area contributed by atoms with E-state index in [1.807, 2.05) is 16.8 Å². The number of imidazole rings is 1. The third-order valence-electron chi connectivity index (χ3n) is 1.20. The molecule has 0 aromatic carbocycles. The molecular formula is C8H10N2. The van der Waals surface area contributed by atoms with Crippen molar-refractivity contribution in [3.8, 4) is 0 Å². The normalized spacial score (nSPS) is 9.20. The van der Waals surface area contributed by atoms with E-state index < -0.39 is 0 Å². The van der Waals surface area contributed by atoms with Crippen LogP contribution < -0.4 is 0 Å². The van der Waals surface area contributed by atoms with Crippen LogP contribution in [0.2, 0.25) is 0 Å². The van der Waals surface area contributed by atoms with E-state index in [-0.39, 0.29) is 0 Å². The summed E-state index contributed by atoms with van der Waals surface area (Å²) < 4.78 is 1.95.